The molecule has 0 unspecified atom stereocenters. The van der Waals surface area contributed by atoms with Crippen molar-refractivity contribution in [2.24, 2.45) is 0 Å². The smallest absolute Gasteiger partial charge is 0.341 e. The Morgan fingerprint density at radius 1 is 1.62 bits per heavy atom. The number of carboxylic acids is 1. The number of rotatable bonds is 3. The van der Waals surface area contributed by atoms with Gasteiger partial charge < -0.3 is 19.5 Å². The predicted octanol–water partition coefficient (Wildman–Crippen LogP) is 0.979. The monoisotopic (exact) mass is 223 g/mol. The lowest BCUT2D eigenvalue weighted by atomic mass is 10.2. The first-order valence-electron chi connectivity index (χ1n) is 4.99. The maximum absolute atomic E-state index is 10.4. The zero-order valence-corrected chi connectivity index (χ0v) is 8.97. The third-order valence-corrected chi connectivity index (χ3v) is 2.39. The van der Waals surface area contributed by atoms with E-state index in [1.807, 2.05) is 11.9 Å². The first kappa shape index (κ1) is 10.6. The SMILES string of the molecule is CN1CCOc2ccc(OCC(=O)O)cc21. The molecule has 1 N–H and O–H groups in total. The molecule has 0 aliphatic carbocycles. The standard InChI is InChI=1S/C11H13NO4/c1-12-4-5-15-10-3-2-8(6-9(10)12)16-7-11(13)14/h2-3,6H,4-5,7H2,1H3,(H,13,14). The van der Waals surface area contributed by atoms with E-state index in [1.165, 1.54) is 0 Å². The van der Waals surface area contributed by atoms with E-state index in [4.69, 9.17) is 14.6 Å². The van der Waals surface area contributed by atoms with Crippen molar-refractivity contribution >= 4 is 11.7 Å². The molecule has 5 nitrogen and oxygen atoms in total. The van der Waals surface area contributed by atoms with Crippen LogP contribution < -0.4 is 14.4 Å². The molecule has 0 amide bonds. The van der Waals surface area contributed by atoms with Crippen LogP contribution in [0, 0.1) is 0 Å². The molecule has 0 aromatic heterocycles. The molecule has 1 aromatic rings. The lowest BCUT2D eigenvalue weighted by Crippen LogP contribution is -2.28. The van der Waals surface area contributed by atoms with Gasteiger partial charge in [0, 0.05) is 13.1 Å². The zero-order chi connectivity index (χ0) is 11.5. The van der Waals surface area contributed by atoms with E-state index in [1.54, 1.807) is 18.2 Å². The number of hydrogen-bond donors (Lipinski definition) is 1. The summed E-state index contributed by atoms with van der Waals surface area (Å²) in [6.07, 6.45) is 0. The molecular weight excluding hydrogens is 210 g/mol. The average Bonchev–Trinajstić information content (AvgIpc) is 2.27. The molecule has 0 atom stereocenters. The van der Waals surface area contributed by atoms with Crippen LogP contribution in [0.3, 0.4) is 0 Å². The third-order valence-electron chi connectivity index (χ3n) is 2.39. The molecule has 0 bridgehead atoms. The minimum absolute atomic E-state index is 0.330. The van der Waals surface area contributed by atoms with Crippen LogP contribution in [-0.2, 0) is 4.79 Å². The van der Waals surface area contributed by atoms with Gasteiger partial charge in [-0.3, -0.25) is 0 Å². The van der Waals surface area contributed by atoms with Crippen molar-refractivity contribution in [2.75, 3.05) is 31.7 Å². The summed E-state index contributed by atoms with van der Waals surface area (Å²) in [6, 6.07) is 5.29. The normalized spacial score (nSPS) is 13.9. The molecule has 16 heavy (non-hydrogen) atoms. The van der Waals surface area contributed by atoms with Gasteiger partial charge in [-0.05, 0) is 12.1 Å². The number of carbonyl (C=O) groups is 1. The lowest BCUT2D eigenvalue weighted by Gasteiger charge is -2.27. The molecule has 1 heterocycles. The van der Waals surface area contributed by atoms with E-state index in [-0.39, 0.29) is 6.61 Å². The number of carboxylic acid groups (broad SMARTS) is 1. The minimum atomic E-state index is -0.984. The first-order chi connectivity index (χ1) is 7.66. The van der Waals surface area contributed by atoms with Crippen molar-refractivity contribution in [3.8, 4) is 11.5 Å². The fraction of sp³-hybridized carbons (Fsp3) is 0.364. The number of likely N-dealkylation sites (N-methyl/N-ethyl adjacent to an activating group) is 1. The third kappa shape index (κ3) is 2.18. The average molecular weight is 223 g/mol. The van der Waals surface area contributed by atoms with Crippen LogP contribution in [-0.4, -0.2) is 37.9 Å². The van der Waals surface area contributed by atoms with E-state index >= 15 is 0 Å². The highest BCUT2D eigenvalue weighted by Crippen LogP contribution is 2.33. The number of ether oxygens (including phenoxy) is 2. The molecular formula is C11H13NO4. The van der Waals surface area contributed by atoms with Gasteiger partial charge in [-0.25, -0.2) is 4.79 Å². The van der Waals surface area contributed by atoms with Gasteiger partial charge in [0.2, 0.25) is 0 Å². The van der Waals surface area contributed by atoms with Crippen LogP contribution in [0.2, 0.25) is 0 Å². The lowest BCUT2D eigenvalue weighted by molar-refractivity contribution is -0.139. The summed E-state index contributed by atoms with van der Waals surface area (Å²) in [7, 11) is 1.96. The molecule has 0 saturated heterocycles. The Labute approximate surface area is 93.2 Å². The van der Waals surface area contributed by atoms with Gasteiger partial charge in [0.25, 0.3) is 0 Å². The van der Waals surface area contributed by atoms with Gasteiger partial charge in [-0.1, -0.05) is 0 Å². The fourth-order valence-electron chi connectivity index (χ4n) is 1.57. The number of nitrogens with zero attached hydrogens (tertiary/aromatic N) is 1. The summed E-state index contributed by atoms with van der Waals surface area (Å²) in [5, 5.41) is 8.51. The van der Waals surface area contributed by atoms with Crippen LogP contribution in [0.5, 0.6) is 11.5 Å². The highest BCUT2D eigenvalue weighted by molar-refractivity contribution is 5.69. The number of benzene rings is 1. The van der Waals surface area contributed by atoms with Crippen LogP contribution >= 0.6 is 0 Å². The van der Waals surface area contributed by atoms with Gasteiger partial charge in [-0.15, -0.1) is 0 Å². The molecule has 1 aliphatic heterocycles. The van der Waals surface area contributed by atoms with Gasteiger partial charge in [-0.2, -0.15) is 0 Å². The molecule has 2 rings (SSSR count). The summed E-state index contributed by atoms with van der Waals surface area (Å²) < 4.78 is 10.6. The van der Waals surface area contributed by atoms with Crippen LogP contribution in [0.15, 0.2) is 18.2 Å². The zero-order valence-electron chi connectivity index (χ0n) is 8.97. The predicted molar refractivity (Wildman–Crippen MR) is 58.3 cm³/mol. The van der Waals surface area contributed by atoms with Gasteiger partial charge in [0.05, 0.1) is 12.2 Å². The summed E-state index contributed by atoms with van der Waals surface area (Å²) in [5.41, 5.74) is 0.925. The van der Waals surface area contributed by atoms with Gasteiger partial charge in [0.1, 0.15) is 18.1 Å². The van der Waals surface area contributed by atoms with Crippen LogP contribution in [0.25, 0.3) is 0 Å². The van der Waals surface area contributed by atoms with Crippen molar-refractivity contribution in [2.45, 2.75) is 0 Å². The van der Waals surface area contributed by atoms with Crippen molar-refractivity contribution in [3.05, 3.63) is 18.2 Å². The highest BCUT2D eigenvalue weighted by atomic mass is 16.5. The molecule has 1 aromatic carbocycles. The Balaban J connectivity index is 2.17. The van der Waals surface area contributed by atoms with Gasteiger partial charge >= 0.3 is 5.97 Å². The van der Waals surface area contributed by atoms with Crippen LogP contribution in [0.4, 0.5) is 5.69 Å². The Hall–Kier alpha value is -1.91. The minimum Gasteiger partial charge on any atom is -0.490 e. The van der Waals surface area contributed by atoms with E-state index < -0.39 is 5.97 Å². The van der Waals surface area contributed by atoms with E-state index in [9.17, 15) is 4.79 Å². The highest BCUT2D eigenvalue weighted by Gasteiger charge is 2.15. The van der Waals surface area contributed by atoms with Gasteiger partial charge in [0.15, 0.2) is 6.61 Å². The summed E-state index contributed by atoms with van der Waals surface area (Å²) >= 11 is 0. The Morgan fingerprint density at radius 3 is 3.19 bits per heavy atom. The fourth-order valence-corrected chi connectivity index (χ4v) is 1.57. The number of anilines is 1. The Kier molecular flexibility index (Phi) is 2.85. The van der Waals surface area contributed by atoms with Crippen LogP contribution in [0.1, 0.15) is 0 Å². The summed E-state index contributed by atoms with van der Waals surface area (Å²) in [6.45, 7) is 1.15. The number of aliphatic carboxylic acids is 1. The first-order valence-corrected chi connectivity index (χ1v) is 4.99. The number of fused-ring (bicyclic) bond motifs is 1. The maximum atomic E-state index is 10.4. The second-order valence-electron chi connectivity index (χ2n) is 3.58. The number of hydrogen-bond acceptors (Lipinski definition) is 4. The van der Waals surface area contributed by atoms with Crippen molar-refractivity contribution < 1.29 is 19.4 Å². The molecule has 1 aliphatic rings. The molecule has 0 fully saturated rings. The largest absolute Gasteiger partial charge is 0.490 e. The van der Waals surface area contributed by atoms with E-state index in [0.29, 0.717) is 12.4 Å². The maximum Gasteiger partial charge on any atom is 0.341 e. The van der Waals surface area contributed by atoms with Crippen molar-refractivity contribution in [1.82, 2.24) is 0 Å². The molecule has 86 valence electrons. The second kappa shape index (κ2) is 4.30. The Morgan fingerprint density at radius 2 is 2.44 bits per heavy atom. The van der Waals surface area contributed by atoms with Crippen molar-refractivity contribution in [3.63, 3.8) is 0 Å². The van der Waals surface area contributed by atoms with Crippen molar-refractivity contribution in [1.29, 1.82) is 0 Å². The molecule has 0 radical (unpaired) electrons. The Bertz CT molecular complexity index is 405. The molecule has 5 heteroatoms. The molecule has 0 spiro atoms. The second-order valence-corrected chi connectivity index (χ2v) is 3.58. The van der Waals surface area contributed by atoms with E-state index in [0.717, 1.165) is 18.0 Å². The molecule has 0 saturated carbocycles. The summed E-state index contributed by atoms with van der Waals surface area (Å²) in [4.78, 5) is 12.4. The quantitative estimate of drug-likeness (QED) is 0.827. The van der Waals surface area contributed by atoms with E-state index in [2.05, 4.69) is 0 Å². The summed E-state index contributed by atoms with van der Waals surface area (Å²) in [5.74, 6) is 0.359. The topological polar surface area (TPSA) is 59.0 Å².